The van der Waals surface area contributed by atoms with Gasteiger partial charge in [0.1, 0.15) is 29.7 Å². The summed E-state index contributed by atoms with van der Waals surface area (Å²) >= 11 is 1.30. The van der Waals surface area contributed by atoms with Crippen LogP contribution in [0, 0.1) is 0 Å². The zero-order chi connectivity index (χ0) is 21.8. The molecule has 0 bridgehead atoms. The van der Waals surface area contributed by atoms with E-state index in [1.165, 1.54) is 11.8 Å². The van der Waals surface area contributed by atoms with E-state index >= 15 is 0 Å². The molecule has 162 valence electrons. The van der Waals surface area contributed by atoms with Crippen molar-refractivity contribution in [2.24, 2.45) is 0 Å². The van der Waals surface area contributed by atoms with Gasteiger partial charge in [0, 0.05) is 23.7 Å². The molecule has 31 heavy (non-hydrogen) atoms. The second kappa shape index (κ2) is 9.30. The highest BCUT2D eigenvalue weighted by atomic mass is 32.2. The Morgan fingerprint density at radius 2 is 2.13 bits per heavy atom. The minimum Gasteiger partial charge on any atom is -0.497 e. The molecule has 1 atom stereocenters. The summed E-state index contributed by atoms with van der Waals surface area (Å²) in [7, 11) is 1.62. The van der Waals surface area contributed by atoms with Crippen LogP contribution < -0.4 is 19.5 Å². The number of rotatable bonds is 8. The van der Waals surface area contributed by atoms with E-state index < -0.39 is 0 Å². The summed E-state index contributed by atoms with van der Waals surface area (Å²) in [5.41, 5.74) is 2.59. The first-order valence-electron chi connectivity index (χ1n) is 10.0. The Kier molecular flexibility index (Phi) is 6.31. The molecule has 0 saturated carbocycles. The normalized spacial score (nSPS) is 14.6. The number of ether oxygens (including phenoxy) is 3. The van der Waals surface area contributed by atoms with Gasteiger partial charge in [-0.05, 0) is 44.2 Å². The number of benzene rings is 2. The molecular formula is C22H24N4O4S. The summed E-state index contributed by atoms with van der Waals surface area (Å²) in [4.78, 5) is 12.7. The van der Waals surface area contributed by atoms with Gasteiger partial charge in [-0.15, -0.1) is 10.2 Å². The second-order valence-electron chi connectivity index (χ2n) is 7.04. The van der Waals surface area contributed by atoms with Crippen molar-refractivity contribution in [3.05, 3.63) is 48.3 Å². The largest absolute Gasteiger partial charge is 0.497 e. The predicted octanol–water partition coefficient (Wildman–Crippen LogP) is 3.73. The second-order valence-corrected chi connectivity index (χ2v) is 7.98. The van der Waals surface area contributed by atoms with Gasteiger partial charge in [-0.3, -0.25) is 9.36 Å². The maximum Gasteiger partial charge on any atom is 0.234 e. The van der Waals surface area contributed by atoms with Gasteiger partial charge in [0.15, 0.2) is 5.16 Å². The molecule has 4 rings (SSSR count). The zero-order valence-electron chi connectivity index (χ0n) is 17.6. The van der Waals surface area contributed by atoms with Crippen molar-refractivity contribution in [2.45, 2.75) is 31.5 Å². The smallest absolute Gasteiger partial charge is 0.234 e. The molecule has 1 aliphatic heterocycles. The lowest BCUT2D eigenvalue weighted by Gasteiger charge is -2.13. The minimum atomic E-state index is -0.166. The van der Waals surface area contributed by atoms with Crippen molar-refractivity contribution in [3.63, 3.8) is 0 Å². The van der Waals surface area contributed by atoms with E-state index in [-0.39, 0.29) is 17.8 Å². The fraction of sp³-hybridized carbons (Fsp3) is 0.318. The number of hydrogen-bond donors (Lipinski definition) is 1. The summed E-state index contributed by atoms with van der Waals surface area (Å²) < 4.78 is 18.6. The number of nitrogens with one attached hydrogen (secondary N) is 1. The van der Waals surface area contributed by atoms with Crippen molar-refractivity contribution in [1.82, 2.24) is 14.8 Å². The molecule has 0 saturated heterocycles. The van der Waals surface area contributed by atoms with Crippen molar-refractivity contribution >= 4 is 23.4 Å². The van der Waals surface area contributed by atoms with Crippen molar-refractivity contribution in [2.75, 3.05) is 24.8 Å². The molecule has 0 radical (unpaired) electrons. The van der Waals surface area contributed by atoms with Gasteiger partial charge in [0.25, 0.3) is 0 Å². The summed E-state index contributed by atoms with van der Waals surface area (Å²) in [6, 6.07) is 11.3. The van der Waals surface area contributed by atoms with Crippen LogP contribution in [0.4, 0.5) is 5.69 Å². The third kappa shape index (κ3) is 4.77. The number of methoxy groups -OCH3 is 1. The monoisotopic (exact) mass is 440 g/mol. The van der Waals surface area contributed by atoms with Crippen molar-refractivity contribution in [1.29, 1.82) is 0 Å². The van der Waals surface area contributed by atoms with Crippen molar-refractivity contribution in [3.8, 4) is 22.9 Å². The molecule has 9 heteroatoms. The Bertz CT molecular complexity index is 1070. The maximum absolute atomic E-state index is 12.7. The Balaban J connectivity index is 1.44. The van der Waals surface area contributed by atoms with Gasteiger partial charge in [-0.2, -0.15) is 0 Å². The number of hydrogen-bond acceptors (Lipinski definition) is 7. The molecule has 2 aromatic carbocycles. The lowest BCUT2D eigenvalue weighted by molar-refractivity contribution is -0.113. The molecule has 0 fully saturated rings. The molecule has 3 aromatic rings. The highest BCUT2D eigenvalue weighted by Crippen LogP contribution is 2.38. The highest BCUT2D eigenvalue weighted by Gasteiger charge is 2.22. The van der Waals surface area contributed by atoms with E-state index in [1.54, 1.807) is 13.4 Å². The maximum atomic E-state index is 12.7. The molecule has 0 spiro atoms. The molecule has 1 aliphatic rings. The standard InChI is InChI=1S/C22H24N4O4S/c1-4-29-20-10-15-9-14(2)30-19(15)11-18(20)24-21(27)12-31-22-25-23-13-26(22)16-5-7-17(28-3)8-6-16/h5-8,10-11,13-14H,4,9,12H2,1-3H3,(H,24,27)/t14-/m1/s1. The Morgan fingerprint density at radius 1 is 1.32 bits per heavy atom. The number of aromatic nitrogens is 3. The molecule has 8 nitrogen and oxygen atoms in total. The van der Waals surface area contributed by atoms with Crippen LogP contribution in [0.15, 0.2) is 47.9 Å². The lowest BCUT2D eigenvalue weighted by Crippen LogP contribution is -2.15. The molecule has 0 aliphatic carbocycles. The topological polar surface area (TPSA) is 87.5 Å². The molecule has 0 unspecified atom stereocenters. The quantitative estimate of drug-likeness (QED) is 0.534. The van der Waals surface area contributed by atoms with Crippen LogP contribution in [0.25, 0.3) is 5.69 Å². The number of carbonyl (C=O) groups is 1. The van der Waals surface area contributed by atoms with Crippen LogP contribution in [0.2, 0.25) is 0 Å². The van der Waals surface area contributed by atoms with Gasteiger partial charge in [0.2, 0.25) is 5.91 Å². The van der Waals surface area contributed by atoms with Gasteiger partial charge in [-0.1, -0.05) is 11.8 Å². The zero-order valence-corrected chi connectivity index (χ0v) is 18.4. The average Bonchev–Trinajstić information content (AvgIpc) is 3.38. The van der Waals surface area contributed by atoms with Gasteiger partial charge in [0.05, 0.1) is 25.2 Å². The summed E-state index contributed by atoms with van der Waals surface area (Å²) in [6.45, 7) is 4.45. The van der Waals surface area contributed by atoms with E-state index in [1.807, 2.05) is 54.8 Å². The number of thioether (sulfide) groups is 1. The first kappa shape index (κ1) is 21.0. The van der Waals surface area contributed by atoms with Gasteiger partial charge in [-0.25, -0.2) is 0 Å². The molecule has 2 heterocycles. The van der Waals surface area contributed by atoms with E-state index in [0.717, 1.165) is 29.2 Å². The molecule has 1 N–H and O–H groups in total. The first-order valence-corrected chi connectivity index (χ1v) is 11.0. The van der Waals surface area contributed by atoms with E-state index in [9.17, 15) is 4.79 Å². The highest BCUT2D eigenvalue weighted by molar-refractivity contribution is 7.99. The predicted molar refractivity (Wildman–Crippen MR) is 119 cm³/mol. The number of carbonyl (C=O) groups excluding carboxylic acids is 1. The Morgan fingerprint density at radius 3 is 2.87 bits per heavy atom. The SMILES string of the molecule is CCOc1cc2c(cc1NC(=O)CSc1nncn1-c1ccc(OC)cc1)O[C@H](C)C2. The third-order valence-electron chi connectivity index (χ3n) is 4.77. The van der Waals surface area contributed by atoms with Gasteiger partial charge >= 0.3 is 0 Å². The number of amides is 1. The lowest BCUT2D eigenvalue weighted by atomic mass is 10.1. The number of anilines is 1. The van der Waals surface area contributed by atoms with Crippen LogP contribution in [0.5, 0.6) is 17.2 Å². The third-order valence-corrected chi connectivity index (χ3v) is 5.71. The van der Waals surface area contributed by atoms with Crippen LogP contribution in [0.1, 0.15) is 19.4 Å². The Hall–Kier alpha value is -3.20. The fourth-order valence-corrected chi connectivity index (χ4v) is 4.10. The first-order chi connectivity index (χ1) is 15.1. The fourth-order valence-electron chi connectivity index (χ4n) is 3.37. The van der Waals surface area contributed by atoms with Crippen LogP contribution >= 0.6 is 11.8 Å². The van der Waals surface area contributed by atoms with Crippen LogP contribution in [-0.2, 0) is 11.2 Å². The van der Waals surface area contributed by atoms with Crippen molar-refractivity contribution < 1.29 is 19.0 Å². The molecule has 1 amide bonds. The van der Waals surface area contributed by atoms with Gasteiger partial charge < -0.3 is 19.5 Å². The summed E-state index contributed by atoms with van der Waals surface area (Å²) in [5, 5.41) is 11.7. The minimum absolute atomic E-state index is 0.121. The summed E-state index contributed by atoms with van der Waals surface area (Å²) in [6.07, 6.45) is 2.57. The number of nitrogens with zero attached hydrogens (tertiary/aromatic N) is 3. The Labute approximate surface area is 184 Å². The van der Waals surface area contributed by atoms with E-state index in [2.05, 4.69) is 15.5 Å². The van der Waals surface area contributed by atoms with E-state index in [4.69, 9.17) is 14.2 Å². The number of fused-ring (bicyclic) bond motifs is 1. The molecular weight excluding hydrogens is 416 g/mol. The molecule has 1 aromatic heterocycles. The van der Waals surface area contributed by atoms with Crippen LogP contribution in [0.3, 0.4) is 0 Å². The van der Waals surface area contributed by atoms with E-state index in [0.29, 0.717) is 23.2 Å². The summed E-state index contributed by atoms with van der Waals surface area (Å²) in [5.74, 6) is 2.22. The average molecular weight is 441 g/mol. The van der Waals surface area contributed by atoms with Crippen LogP contribution in [-0.4, -0.2) is 46.2 Å².